The number of H-pyrrole nitrogens is 1. The van der Waals surface area contributed by atoms with Crippen LogP contribution in [0.4, 0.5) is 4.39 Å². The summed E-state index contributed by atoms with van der Waals surface area (Å²) in [6, 6.07) is 14.1. The summed E-state index contributed by atoms with van der Waals surface area (Å²) in [5.74, 6) is 0.993. The Balaban J connectivity index is 1.63. The van der Waals surface area contributed by atoms with Crippen molar-refractivity contribution in [2.45, 2.75) is 32.2 Å². The van der Waals surface area contributed by atoms with Gasteiger partial charge in [-0.25, -0.2) is 4.39 Å². The van der Waals surface area contributed by atoms with E-state index < -0.39 is 5.41 Å². The molecule has 0 fully saturated rings. The predicted octanol–water partition coefficient (Wildman–Crippen LogP) is 4.24. The van der Waals surface area contributed by atoms with Crippen molar-refractivity contribution in [1.29, 1.82) is 0 Å². The molecule has 0 radical (unpaired) electrons. The number of aromatic amines is 1. The molecule has 6 nitrogen and oxygen atoms in total. The molecule has 1 amide bonds. The molecule has 8 heteroatoms. The quantitative estimate of drug-likeness (QED) is 0.527. The molecule has 0 saturated heterocycles. The Labute approximate surface area is 180 Å². The first kappa shape index (κ1) is 21.7. The average Bonchev–Trinajstić information content (AvgIpc) is 3.11. The first-order valence-corrected chi connectivity index (χ1v) is 10.0. The fraction of sp³-hybridized carbons (Fsp3) is 0.318. The molecule has 0 bridgehead atoms. The van der Waals surface area contributed by atoms with E-state index in [-0.39, 0.29) is 18.1 Å². The lowest BCUT2D eigenvalue weighted by Crippen LogP contribution is -2.37. The van der Waals surface area contributed by atoms with Gasteiger partial charge in [0.1, 0.15) is 11.6 Å². The van der Waals surface area contributed by atoms with Crippen LogP contribution in [-0.4, -0.2) is 34.3 Å². The first-order valence-electron chi connectivity index (χ1n) is 9.63. The topological polar surface area (TPSA) is 71.9 Å². The van der Waals surface area contributed by atoms with E-state index in [0.29, 0.717) is 29.2 Å². The Morgan fingerprint density at radius 2 is 1.93 bits per heavy atom. The zero-order valence-electron chi connectivity index (χ0n) is 17.2. The number of carbonyl (C=O) groups is 1. The van der Waals surface area contributed by atoms with Crippen LogP contribution in [0.3, 0.4) is 0 Å². The van der Waals surface area contributed by atoms with Crippen LogP contribution in [0.1, 0.15) is 25.8 Å². The van der Waals surface area contributed by atoms with Gasteiger partial charge >= 0.3 is 0 Å². The van der Waals surface area contributed by atoms with E-state index in [1.165, 1.54) is 6.07 Å². The van der Waals surface area contributed by atoms with Gasteiger partial charge < -0.3 is 10.1 Å². The van der Waals surface area contributed by atoms with Crippen molar-refractivity contribution < 1.29 is 13.9 Å². The molecule has 3 rings (SSSR count). The monoisotopic (exact) mass is 428 g/mol. The summed E-state index contributed by atoms with van der Waals surface area (Å²) >= 11 is 5.32. The second kappa shape index (κ2) is 9.21. The molecule has 0 atom stereocenters. The lowest BCUT2D eigenvalue weighted by molar-refractivity contribution is -0.121. The minimum Gasteiger partial charge on any atom is -0.497 e. The van der Waals surface area contributed by atoms with Crippen LogP contribution in [0, 0.1) is 10.6 Å². The third-order valence-electron chi connectivity index (χ3n) is 5.00. The van der Waals surface area contributed by atoms with Crippen molar-refractivity contribution in [3.8, 4) is 17.1 Å². The van der Waals surface area contributed by atoms with Gasteiger partial charge in [0.15, 0.2) is 10.6 Å². The van der Waals surface area contributed by atoms with Crippen molar-refractivity contribution >= 4 is 18.1 Å². The van der Waals surface area contributed by atoms with Gasteiger partial charge in [-0.1, -0.05) is 32.0 Å². The van der Waals surface area contributed by atoms with E-state index in [2.05, 4.69) is 15.5 Å². The van der Waals surface area contributed by atoms with Crippen LogP contribution in [0.15, 0.2) is 48.5 Å². The molecule has 158 valence electrons. The standard InChI is InChI=1S/C22H25FN4O2S/c1-22(2,17-6-4-5-7-18(17)23)14-24-19(28)12-13-27-20(25-26-21(27)30)15-8-10-16(29-3)11-9-15/h4-11H,12-14H2,1-3H3,(H,24,28)(H,26,30). The Bertz CT molecular complexity index is 1070. The number of nitrogens with one attached hydrogen (secondary N) is 2. The molecule has 1 heterocycles. The van der Waals surface area contributed by atoms with E-state index >= 15 is 0 Å². The van der Waals surface area contributed by atoms with Gasteiger partial charge in [-0.15, -0.1) is 0 Å². The van der Waals surface area contributed by atoms with Crippen LogP contribution in [-0.2, 0) is 16.8 Å². The minimum absolute atomic E-state index is 0.136. The number of aromatic nitrogens is 3. The molecule has 0 spiro atoms. The number of nitrogens with zero attached hydrogens (tertiary/aromatic N) is 2. The molecule has 30 heavy (non-hydrogen) atoms. The van der Waals surface area contributed by atoms with E-state index in [9.17, 15) is 9.18 Å². The molecule has 2 N–H and O–H groups in total. The zero-order chi connectivity index (χ0) is 21.7. The van der Waals surface area contributed by atoms with E-state index in [0.717, 1.165) is 11.3 Å². The van der Waals surface area contributed by atoms with Crippen molar-refractivity contribution in [2.24, 2.45) is 0 Å². The fourth-order valence-electron chi connectivity index (χ4n) is 3.21. The second-order valence-corrected chi connectivity index (χ2v) is 8.01. The first-order chi connectivity index (χ1) is 14.3. The Morgan fingerprint density at radius 3 is 2.60 bits per heavy atom. The summed E-state index contributed by atoms with van der Waals surface area (Å²) in [6.45, 7) is 4.51. The average molecular weight is 429 g/mol. The van der Waals surface area contributed by atoms with Gasteiger partial charge in [-0.05, 0) is 48.1 Å². The molecule has 0 saturated carbocycles. The smallest absolute Gasteiger partial charge is 0.221 e. The highest BCUT2D eigenvalue weighted by Gasteiger charge is 2.24. The van der Waals surface area contributed by atoms with Crippen LogP contribution >= 0.6 is 12.2 Å². The molecule has 0 unspecified atom stereocenters. The largest absolute Gasteiger partial charge is 0.497 e. The molecule has 1 aromatic heterocycles. The number of amides is 1. The van der Waals surface area contributed by atoms with Gasteiger partial charge in [0, 0.05) is 30.5 Å². The predicted molar refractivity (Wildman–Crippen MR) is 116 cm³/mol. The van der Waals surface area contributed by atoms with E-state index in [4.69, 9.17) is 17.0 Å². The van der Waals surface area contributed by atoms with Crippen molar-refractivity contribution in [3.05, 3.63) is 64.7 Å². The summed E-state index contributed by atoms with van der Waals surface area (Å²) in [5, 5.41) is 9.97. The molecule has 2 aromatic carbocycles. The summed E-state index contributed by atoms with van der Waals surface area (Å²) in [6.07, 6.45) is 0.227. The highest BCUT2D eigenvalue weighted by molar-refractivity contribution is 7.71. The minimum atomic E-state index is -0.527. The molecular weight excluding hydrogens is 403 g/mol. The SMILES string of the molecule is COc1ccc(-c2n[nH]c(=S)n2CCC(=O)NCC(C)(C)c2ccccc2F)cc1. The van der Waals surface area contributed by atoms with Gasteiger partial charge in [0.25, 0.3) is 0 Å². The third-order valence-corrected chi connectivity index (χ3v) is 5.31. The van der Waals surface area contributed by atoms with Crippen molar-refractivity contribution in [3.63, 3.8) is 0 Å². The zero-order valence-corrected chi connectivity index (χ0v) is 18.1. The van der Waals surface area contributed by atoms with E-state index in [1.807, 2.05) is 38.1 Å². The molecular formula is C22H25FN4O2S. The normalized spacial score (nSPS) is 11.3. The number of methoxy groups -OCH3 is 1. The van der Waals surface area contributed by atoms with Gasteiger partial charge in [-0.2, -0.15) is 5.10 Å². The van der Waals surface area contributed by atoms with Crippen LogP contribution < -0.4 is 10.1 Å². The summed E-state index contributed by atoms with van der Waals surface area (Å²) < 4.78 is 21.5. The molecule has 0 aliphatic carbocycles. The van der Waals surface area contributed by atoms with Crippen molar-refractivity contribution in [1.82, 2.24) is 20.1 Å². The molecule has 3 aromatic rings. The Hall–Kier alpha value is -3.00. The number of rotatable bonds is 8. The number of ether oxygens (including phenoxy) is 1. The van der Waals surface area contributed by atoms with Gasteiger partial charge in [-0.3, -0.25) is 14.5 Å². The summed E-state index contributed by atoms with van der Waals surface area (Å²) in [5.41, 5.74) is 0.912. The number of hydrogen-bond acceptors (Lipinski definition) is 4. The maximum Gasteiger partial charge on any atom is 0.221 e. The van der Waals surface area contributed by atoms with Crippen LogP contribution in [0.2, 0.25) is 0 Å². The van der Waals surface area contributed by atoms with Gasteiger partial charge in [0.2, 0.25) is 5.91 Å². The fourth-order valence-corrected chi connectivity index (χ4v) is 3.44. The lowest BCUT2D eigenvalue weighted by atomic mass is 9.84. The molecule has 0 aliphatic heterocycles. The Morgan fingerprint density at radius 1 is 1.23 bits per heavy atom. The summed E-state index contributed by atoms with van der Waals surface area (Å²) in [7, 11) is 1.61. The highest BCUT2D eigenvalue weighted by Crippen LogP contribution is 2.25. The maximum atomic E-state index is 14.1. The number of hydrogen-bond donors (Lipinski definition) is 2. The van der Waals surface area contributed by atoms with E-state index in [1.54, 1.807) is 29.9 Å². The number of carbonyl (C=O) groups excluding carboxylic acids is 1. The van der Waals surface area contributed by atoms with Crippen LogP contribution in [0.5, 0.6) is 5.75 Å². The third kappa shape index (κ3) is 4.94. The van der Waals surface area contributed by atoms with Gasteiger partial charge in [0.05, 0.1) is 7.11 Å². The lowest BCUT2D eigenvalue weighted by Gasteiger charge is -2.26. The van der Waals surface area contributed by atoms with Crippen molar-refractivity contribution in [2.75, 3.05) is 13.7 Å². The maximum absolute atomic E-state index is 14.1. The molecule has 0 aliphatic rings. The highest BCUT2D eigenvalue weighted by atomic mass is 32.1. The Kier molecular flexibility index (Phi) is 6.66. The number of benzene rings is 2. The number of halogens is 1. The summed E-state index contributed by atoms with van der Waals surface area (Å²) in [4.78, 5) is 12.4. The second-order valence-electron chi connectivity index (χ2n) is 7.62. The van der Waals surface area contributed by atoms with Crippen LogP contribution in [0.25, 0.3) is 11.4 Å².